The van der Waals surface area contributed by atoms with Crippen LogP contribution < -0.4 is 4.74 Å². The van der Waals surface area contributed by atoms with Crippen molar-refractivity contribution in [2.45, 2.75) is 19.8 Å². The third kappa shape index (κ3) is 3.47. The van der Waals surface area contributed by atoms with Crippen LogP contribution in [0.3, 0.4) is 0 Å². The normalized spacial score (nSPS) is 18.6. The minimum Gasteiger partial charge on any atom is -0.494 e. The van der Waals surface area contributed by atoms with Crippen LogP contribution in [-0.2, 0) is 0 Å². The molecule has 1 aromatic carbocycles. The lowest BCUT2D eigenvalue weighted by Gasteiger charge is -2.16. The summed E-state index contributed by atoms with van der Waals surface area (Å²) in [4.78, 5) is 14.2. The Morgan fingerprint density at radius 1 is 1.42 bits per heavy atom. The summed E-state index contributed by atoms with van der Waals surface area (Å²) in [7, 11) is 0. The van der Waals surface area contributed by atoms with Crippen molar-refractivity contribution in [3.05, 3.63) is 29.8 Å². The number of carbonyl (C=O) groups is 1. The Kier molecular flexibility index (Phi) is 4.80. The number of nitrogens with zero attached hydrogens (tertiary/aromatic N) is 1. The number of rotatable bonds is 5. The fourth-order valence-electron chi connectivity index (χ4n) is 2.48. The molecule has 1 unspecified atom stereocenters. The van der Waals surface area contributed by atoms with E-state index in [4.69, 9.17) is 9.84 Å². The van der Waals surface area contributed by atoms with Crippen LogP contribution in [0.1, 0.15) is 30.1 Å². The molecule has 0 bridgehead atoms. The zero-order valence-corrected chi connectivity index (χ0v) is 11.3. The Bertz CT molecular complexity index is 416. The molecule has 104 valence electrons. The zero-order chi connectivity index (χ0) is 13.7. The average Bonchev–Trinajstić information content (AvgIpc) is 2.88. The topological polar surface area (TPSA) is 49.8 Å². The number of hydrogen-bond donors (Lipinski definition) is 1. The van der Waals surface area contributed by atoms with Crippen LogP contribution >= 0.6 is 0 Å². The Balaban J connectivity index is 1.96. The van der Waals surface area contributed by atoms with Crippen LogP contribution in [0.5, 0.6) is 5.75 Å². The molecule has 1 amide bonds. The van der Waals surface area contributed by atoms with Crippen LogP contribution in [0.15, 0.2) is 24.3 Å². The van der Waals surface area contributed by atoms with Crippen molar-refractivity contribution in [2.75, 3.05) is 26.3 Å². The summed E-state index contributed by atoms with van der Waals surface area (Å²) in [6.45, 7) is 4.31. The SMILES string of the molecule is CCOc1ccc(C(=O)N2CCC(CCO)C2)cc1. The standard InChI is InChI=1S/C15H21NO3/c1-2-19-14-5-3-13(4-6-14)15(18)16-9-7-12(11-16)8-10-17/h3-6,12,17H,2,7-11H2,1H3. The van der Waals surface area contributed by atoms with E-state index in [9.17, 15) is 4.79 Å². The van der Waals surface area contributed by atoms with Gasteiger partial charge in [-0.05, 0) is 49.9 Å². The van der Waals surface area contributed by atoms with E-state index < -0.39 is 0 Å². The van der Waals surface area contributed by atoms with Gasteiger partial charge in [0.15, 0.2) is 0 Å². The molecule has 1 aliphatic rings. The second-order valence-corrected chi connectivity index (χ2v) is 4.88. The van der Waals surface area contributed by atoms with Crippen LogP contribution in [-0.4, -0.2) is 42.2 Å². The first-order chi connectivity index (χ1) is 9.24. The fraction of sp³-hybridized carbons (Fsp3) is 0.533. The molecule has 1 fully saturated rings. The van der Waals surface area contributed by atoms with E-state index in [2.05, 4.69) is 0 Å². The molecular formula is C15H21NO3. The van der Waals surface area contributed by atoms with Gasteiger partial charge in [0.2, 0.25) is 0 Å². The molecule has 0 spiro atoms. The predicted molar refractivity (Wildman–Crippen MR) is 73.3 cm³/mol. The van der Waals surface area contributed by atoms with Crippen molar-refractivity contribution >= 4 is 5.91 Å². The minimum atomic E-state index is 0.0727. The van der Waals surface area contributed by atoms with Crippen LogP contribution in [0.25, 0.3) is 0 Å². The van der Waals surface area contributed by atoms with Gasteiger partial charge in [0.1, 0.15) is 5.75 Å². The van der Waals surface area contributed by atoms with Gasteiger partial charge in [-0.25, -0.2) is 0 Å². The number of likely N-dealkylation sites (tertiary alicyclic amines) is 1. The van der Waals surface area contributed by atoms with Gasteiger partial charge in [-0.1, -0.05) is 0 Å². The highest BCUT2D eigenvalue weighted by atomic mass is 16.5. The maximum Gasteiger partial charge on any atom is 0.253 e. The largest absolute Gasteiger partial charge is 0.494 e. The third-order valence-electron chi connectivity index (χ3n) is 3.52. The van der Waals surface area contributed by atoms with Crippen molar-refractivity contribution in [1.82, 2.24) is 4.90 Å². The van der Waals surface area contributed by atoms with E-state index in [0.29, 0.717) is 18.1 Å². The zero-order valence-electron chi connectivity index (χ0n) is 11.3. The van der Waals surface area contributed by atoms with E-state index in [1.807, 2.05) is 36.1 Å². The molecule has 4 nitrogen and oxygen atoms in total. The highest BCUT2D eigenvalue weighted by Gasteiger charge is 2.26. The highest BCUT2D eigenvalue weighted by molar-refractivity contribution is 5.94. The summed E-state index contributed by atoms with van der Waals surface area (Å²) >= 11 is 0. The molecular weight excluding hydrogens is 242 g/mol. The first-order valence-corrected chi connectivity index (χ1v) is 6.87. The van der Waals surface area contributed by atoms with E-state index in [0.717, 1.165) is 31.7 Å². The van der Waals surface area contributed by atoms with E-state index in [1.54, 1.807) is 0 Å². The van der Waals surface area contributed by atoms with Crippen LogP contribution in [0.2, 0.25) is 0 Å². The maximum atomic E-state index is 12.3. The molecule has 0 saturated carbocycles. The molecule has 4 heteroatoms. The van der Waals surface area contributed by atoms with Gasteiger partial charge in [-0.2, -0.15) is 0 Å². The van der Waals surface area contributed by atoms with Gasteiger partial charge in [0.05, 0.1) is 6.61 Å². The lowest BCUT2D eigenvalue weighted by atomic mass is 10.1. The lowest BCUT2D eigenvalue weighted by molar-refractivity contribution is 0.0784. The van der Waals surface area contributed by atoms with Crippen molar-refractivity contribution in [3.8, 4) is 5.75 Å². The first-order valence-electron chi connectivity index (χ1n) is 6.87. The maximum absolute atomic E-state index is 12.3. The Hall–Kier alpha value is -1.55. The summed E-state index contributed by atoms with van der Waals surface area (Å²) in [5.41, 5.74) is 0.702. The molecule has 0 radical (unpaired) electrons. The van der Waals surface area contributed by atoms with Gasteiger partial charge in [-0.15, -0.1) is 0 Å². The first kappa shape index (κ1) is 13.9. The minimum absolute atomic E-state index is 0.0727. The smallest absolute Gasteiger partial charge is 0.253 e. The molecule has 1 aromatic rings. The number of hydrogen-bond acceptors (Lipinski definition) is 3. The number of ether oxygens (including phenoxy) is 1. The van der Waals surface area contributed by atoms with Crippen LogP contribution in [0, 0.1) is 5.92 Å². The molecule has 1 atom stereocenters. The second-order valence-electron chi connectivity index (χ2n) is 4.88. The third-order valence-corrected chi connectivity index (χ3v) is 3.52. The number of aliphatic hydroxyl groups excluding tert-OH is 1. The van der Waals surface area contributed by atoms with Crippen molar-refractivity contribution < 1.29 is 14.6 Å². The van der Waals surface area contributed by atoms with Gasteiger partial charge in [0, 0.05) is 25.3 Å². The quantitative estimate of drug-likeness (QED) is 0.883. The molecule has 1 heterocycles. The van der Waals surface area contributed by atoms with E-state index >= 15 is 0 Å². The van der Waals surface area contributed by atoms with Gasteiger partial charge < -0.3 is 14.7 Å². The molecule has 0 aromatic heterocycles. The van der Waals surface area contributed by atoms with Crippen molar-refractivity contribution in [3.63, 3.8) is 0 Å². The average molecular weight is 263 g/mol. The second kappa shape index (κ2) is 6.57. The van der Waals surface area contributed by atoms with Crippen molar-refractivity contribution in [2.24, 2.45) is 5.92 Å². The Labute approximate surface area is 114 Å². The summed E-state index contributed by atoms with van der Waals surface area (Å²) < 4.78 is 5.36. The lowest BCUT2D eigenvalue weighted by Crippen LogP contribution is -2.28. The summed E-state index contributed by atoms with van der Waals surface area (Å²) in [6.07, 6.45) is 1.77. The van der Waals surface area contributed by atoms with Gasteiger partial charge in [-0.3, -0.25) is 4.79 Å². The number of aliphatic hydroxyl groups is 1. The highest BCUT2D eigenvalue weighted by Crippen LogP contribution is 2.22. The molecule has 1 N–H and O–H groups in total. The number of amides is 1. The summed E-state index contributed by atoms with van der Waals surface area (Å²) in [5, 5.41) is 8.93. The number of carbonyl (C=O) groups excluding carboxylic acids is 1. The fourth-order valence-corrected chi connectivity index (χ4v) is 2.48. The van der Waals surface area contributed by atoms with E-state index in [1.165, 1.54) is 0 Å². The van der Waals surface area contributed by atoms with Gasteiger partial charge in [0.25, 0.3) is 5.91 Å². The Morgan fingerprint density at radius 2 is 2.16 bits per heavy atom. The van der Waals surface area contributed by atoms with Crippen LogP contribution in [0.4, 0.5) is 0 Å². The molecule has 0 aliphatic carbocycles. The molecule has 1 aliphatic heterocycles. The van der Waals surface area contributed by atoms with Crippen molar-refractivity contribution in [1.29, 1.82) is 0 Å². The molecule has 1 saturated heterocycles. The summed E-state index contributed by atoms with van der Waals surface area (Å²) in [5.74, 6) is 1.30. The number of benzene rings is 1. The molecule has 19 heavy (non-hydrogen) atoms. The predicted octanol–water partition coefficient (Wildman–Crippen LogP) is 1.93. The van der Waals surface area contributed by atoms with Gasteiger partial charge >= 0.3 is 0 Å². The Morgan fingerprint density at radius 3 is 2.79 bits per heavy atom. The summed E-state index contributed by atoms with van der Waals surface area (Å²) in [6, 6.07) is 7.29. The monoisotopic (exact) mass is 263 g/mol. The van der Waals surface area contributed by atoms with E-state index in [-0.39, 0.29) is 12.5 Å². The molecule has 2 rings (SSSR count).